The molecule has 1 aliphatic heterocycles. The van der Waals surface area contributed by atoms with Gasteiger partial charge in [-0.3, -0.25) is 4.90 Å². The highest BCUT2D eigenvalue weighted by molar-refractivity contribution is 7.99. The minimum atomic E-state index is -4.47. The Morgan fingerprint density at radius 3 is 2.47 bits per heavy atom. The second kappa shape index (κ2) is 10.1. The van der Waals surface area contributed by atoms with Crippen LogP contribution in [0.2, 0.25) is 0 Å². The summed E-state index contributed by atoms with van der Waals surface area (Å²) in [5, 5.41) is -0.493. The molecule has 1 aliphatic rings. The molecule has 0 radical (unpaired) electrons. The standard InChI is InChI=1S/C25H23F4NOS/c26-20-10-6-9-19(15-20)24(32-23-12-5-4-11-21(23)25(27,28)29)22-17-30(13-14-31-22)16-18-7-2-1-3-8-18/h1-12,15,22,24H,13-14,16-17H2/t22?,24-/m0/s1. The molecule has 1 fully saturated rings. The van der Waals surface area contributed by atoms with Crippen LogP contribution in [0.15, 0.2) is 83.8 Å². The molecule has 4 rings (SSSR count). The summed E-state index contributed by atoms with van der Waals surface area (Å²) in [7, 11) is 0. The Bertz CT molecular complexity index is 1030. The van der Waals surface area contributed by atoms with Gasteiger partial charge >= 0.3 is 6.18 Å². The SMILES string of the molecule is Fc1cccc([C@H](Sc2ccccc2C(F)(F)F)C2CN(Cc3ccccc3)CCO2)c1. The average molecular weight is 462 g/mol. The zero-order chi connectivity index (χ0) is 22.6. The Hall–Kier alpha value is -2.35. The first-order chi connectivity index (χ1) is 15.4. The summed E-state index contributed by atoms with van der Waals surface area (Å²) < 4.78 is 60.9. The van der Waals surface area contributed by atoms with Crippen LogP contribution in [0.1, 0.15) is 21.9 Å². The molecule has 0 aromatic heterocycles. The fraction of sp³-hybridized carbons (Fsp3) is 0.280. The van der Waals surface area contributed by atoms with Gasteiger partial charge in [0.05, 0.1) is 23.5 Å². The van der Waals surface area contributed by atoms with Gasteiger partial charge in [-0.15, -0.1) is 11.8 Å². The summed E-state index contributed by atoms with van der Waals surface area (Å²) >= 11 is 1.08. The van der Waals surface area contributed by atoms with Crippen molar-refractivity contribution in [1.29, 1.82) is 0 Å². The van der Waals surface area contributed by atoms with Gasteiger partial charge in [0, 0.05) is 24.5 Å². The van der Waals surface area contributed by atoms with E-state index in [0.29, 0.717) is 18.7 Å². The highest BCUT2D eigenvalue weighted by Gasteiger charge is 2.36. The first kappa shape index (κ1) is 22.8. The van der Waals surface area contributed by atoms with Crippen LogP contribution < -0.4 is 0 Å². The Labute approximate surface area is 189 Å². The van der Waals surface area contributed by atoms with Crippen molar-refractivity contribution < 1.29 is 22.3 Å². The monoisotopic (exact) mass is 461 g/mol. The van der Waals surface area contributed by atoms with Crippen molar-refractivity contribution >= 4 is 11.8 Å². The summed E-state index contributed by atoms with van der Waals surface area (Å²) in [6.07, 6.45) is -4.86. The Morgan fingerprint density at radius 2 is 1.72 bits per heavy atom. The predicted octanol–water partition coefficient (Wildman–Crippen LogP) is 6.58. The van der Waals surface area contributed by atoms with Crippen LogP contribution in [0.5, 0.6) is 0 Å². The van der Waals surface area contributed by atoms with Gasteiger partial charge in [-0.25, -0.2) is 4.39 Å². The van der Waals surface area contributed by atoms with Crippen LogP contribution >= 0.6 is 11.8 Å². The van der Waals surface area contributed by atoms with E-state index in [1.54, 1.807) is 18.2 Å². The van der Waals surface area contributed by atoms with Gasteiger partial charge in [0.15, 0.2) is 0 Å². The van der Waals surface area contributed by atoms with E-state index in [9.17, 15) is 17.6 Å². The van der Waals surface area contributed by atoms with Gasteiger partial charge in [0.1, 0.15) is 5.82 Å². The third-order valence-electron chi connectivity index (χ3n) is 5.39. The van der Waals surface area contributed by atoms with Crippen molar-refractivity contribution in [3.05, 3.63) is 101 Å². The summed E-state index contributed by atoms with van der Waals surface area (Å²) in [4.78, 5) is 2.34. The smallest absolute Gasteiger partial charge is 0.374 e. The molecule has 0 aliphatic carbocycles. The van der Waals surface area contributed by atoms with Gasteiger partial charge in [-0.1, -0.05) is 54.6 Å². The molecule has 0 N–H and O–H groups in total. The maximum Gasteiger partial charge on any atom is 0.417 e. The van der Waals surface area contributed by atoms with E-state index in [4.69, 9.17) is 4.74 Å². The number of ether oxygens (including phenoxy) is 1. The molecule has 1 heterocycles. The van der Waals surface area contributed by atoms with Crippen LogP contribution in [0.4, 0.5) is 17.6 Å². The molecule has 7 heteroatoms. The fourth-order valence-electron chi connectivity index (χ4n) is 3.88. The highest BCUT2D eigenvalue weighted by atomic mass is 32.2. The van der Waals surface area contributed by atoms with E-state index in [1.165, 1.54) is 24.3 Å². The van der Waals surface area contributed by atoms with E-state index in [1.807, 2.05) is 30.3 Å². The molecule has 2 nitrogen and oxygen atoms in total. The van der Waals surface area contributed by atoms with Crippen LogP contribution in [-0.2, 0) is 17.5 Å². The molecule has 3 aromatic carbocycles. The zero-order valence-electron chi connectivity index (χ0n) is 17.3. The number of nitrogens with zero attached hydrogens (tertiary/aromatic N) is 1. The van der Waals surface area contributed by atoms with E-state index in [-0.39, 0.29) is 11.0 Å². The first-order valence-corrected chi connectivity index (χ1v) is 11.2. The van der Waals surface area contributed by atoms with Crippen molar-refractivity contribution in [2.24, 2.45) is 0 Å². The second-order valence-electron chi connectivity index (χ2n) is 7.72. The third kappa shape index (κ3) is 5.71. The maximum atomic E-state index is 14.0. The van der Waals surface area contributed by atoms with Crippen molar-refractivity contribution in [3.8, 4) is 0 Å². The summed E-state index contributed by atoms with van der Waals surface area (Å²) in [5.41, 5.74) is 1.08. The molecule has 2 atom stereocenters. The molecule has 0 bridgehead atoms. The number of hydrogen-bond acceptors (Lipinski definition) is 3. The second-order valence-corrected chi connectivity index (χ2v) is 8.90. The molecule has 1 unspecified atom stereocenters. The maximum absolute atomic E-state index is 14.0. The van der Waals surface area contributed by atoms with E-state index < -0.39 is 22.8 Å². The number of hydrogen-bond donors (Lipinski definition) is 0. The van der Waals surface area contributed by atoms with E-state index >= 15 is 0 Å². The van der Waals surface area contributed by atoms with E-state index in [0.717, 1.165) is 36.5 Å². The van der Waals surface area contributed by atoms with Crippen molar-refractivity contribution in [1.82, 2.24) is 4.90 Å². The molecule has 3 aromatic rings. The number of benzene rings is 3. The number of thioether (sulfide) groups is 1. The van der Waals surface area contributed by atoms with Crippen molar-refractivity contribution in [2.45, 2.75) is 29.0 Å². The lowest BCUT2D eigenvalue weighted by Crippen LogP contribution is -2.44. The number of rotatable bonds is 6. The molecule has 0 spiro atoms. The summed E-state index contributed by atoms with van der Waals surface area (Å²) in [6, 6.07) is 21.6. The van der Waals surface area contributed by atoms with Crippen LogP contribution in [0, 0.1) is 5.82 Å². The Kier molecular flexibility index (Phi) is 7.18. The lowest BCUT2D eigenvalue weighted by Gasteiger charge is -2.37. The number of alkyl halides is 3. The highest BCUT2D eigenvalue weighted by Crippen LogP contribution is 2.45. The molecule has 1 saturated heterocycles. The van der Waals surface area contributed by atoms with Gasteiger partial charge in [-0.05, 0) is 35.4 Å². The summed E-state index contributed by atoms with van der Waals surface area (Å²) in [5.74, 6) is -0.422. The Balaban J connectivity index is 1.62. The van der Waals surface area contributed by atoms with Gasteiger partial charge in [0.2, 0.25) is 0 Å². The minimum absolute atomic E-state index is 0.109. The largest absolute Gasteiger partial charge is 0.417 e. The minimum Gasteiger partial charge on any atom is -0.374 e. The van der Waals surface area contributed by atoms with E-state index in [2.05, 4.69) is 4.90 Å². The number of halogens is 4. The molecule has 32 heavy (non-hydrogen) atoms. The zero-order valence-corrected chi connectivity index (χ0v) is 18.1. The fourth-order valence-corrected chi connectivity index (χ4v) is 5.22. The van der Waals surface area contributed by atoms with Gasteiger partial charge in [-0.2, -0.15) is 13.2 Å². The average Bonchev–Trinajstić information content (AvgIpc) is 2.78. The number of morpholine rings is 1. The lowest BCUT2D eigenvalue weighted by molar-refractivity contribution is -0.139. The van der Waals surface area contributed by atoms with Crippen LogP contribution in [-0.4, -0.2) is 30.7 Å². The van der Waals surface area contributed by atoms with Crippen LogP contribution in [0.3, 0.4) is 0 Å². The molecule has 0 amide bonds. The van der Waals surface area contributed by atoms with Crippen molar-refractivity contribution in [3.63, 3.8) is 0 Å². The van der Waals surface area contributed by atoms with Crippen LogP contribution in [0.25, 0.3) is 0 Å². The first-order valence-electron chi connectivity index (χ1n) is 10.4. The topological polar surface area (TPSA) is 12.5 Å². The molecule has 168 valence electrons. The van der Waals surface area contributed by atoms with Gasteiger partial charge in [0.25, 0.3) is 0 Å². The Morgan fingerprint density at radius 1 is 0.969 bits per heavy atom. The molecule has 0 saturated carbocycles. The summed E-state index contributed by atoms with van der Waals surface area (Å²) in [6.45, 7) is 2.45. The molecular weight excluding hydrogens is 438 g/mol. The normalized spacial score (nSPS) is 18.4. The third-order valence-corrected chi connectivity index (χ3v) is 6.83. The quantitative estimate of drug-likeness (QED) is 0.304. The van der Waals surface area contributed by atoms with Gasteiger partial charge < -0.3 is 4.74 Å². The predicted molar refractivity (Wildman–Crippen MR) is 118 cm³/mol. The molecular formula is C25H23F4NOS. The lowest BCUT2D eigenvalue weighted by atomic mass is 10.1. The van der Waals surface area contributed by atoms with Crippen molar-refractivity contribution in [2.75, 3.05) is 19.7 Å².